The Labute approximate surface area is 121 Å². The number of nitrogens with zero attached hydrogens (tertiary/aromatic N) is 1. The fourth-order valence-electron chi connectivity index (χ4n) is 2.44. The molecule has 0 saturated heterocycles. The molecule has 1 saturated carbocycles. The zero-order valence-corrected chi connectivity index (χ0v) is 12.3. The Kier molecular flexibility index (Phi) is 4.28. The van der Waals surface area contributed by atoms with Crippen molar-refractivity contribution in [2.75, 3.05) is 0 Å². The van der Waals surface area contributed by atoms with Gasteiger partial charge in [0.05, 0.1) is 11.8 Å². The van der Waals surface area contributed by atoms with E-state index in [0.717, 1.165) is 42.9 Å². The molecule has 0 radical (unpaired) electrons. The van der Waals surface area contributed by atoms with Gasteiger partial charge in [-0.05, 0) is 37.1 Å². The summed E-state index contributed by atoms with van der Waals surface area (Å²) in [6.45, 7) is 0.835. The van der Waals surface area contributed by atoms with Crippen LogP contribution in [-0.4, -0.2) is 22.2 Å². The van der Waals surface area contributed by atoms with Crippen LogP contribution in [0.5, 0.6) is 0 Å². The van der Waals surface area contributed by atoms with E-state index in [9.17, 15) is 5.11 Å². The van der Waals surface area contributed by atoms with Crippen LogP contribution in [0, 0.1) is 0 Å². The van der Waals surface area contributed by atoms with Crippen LogP contribution in [0.4, 0.5) is 0 Å². The van der Waals surface area contributed by atoms with Crippen LogP contribution >= 0.6 is 22.7 Å². The fraction of sp³-hybridized carbons (Fsp3) is 0.500. The molecule has 2 heterocycles. The van der Waals surface area contributed by atoms with Crippen molar-refractivity contribution < 1.29 is 5.11 Å². The lowest BCUT2D eigenvalue weighted by molar-refractivity contribution is 0.116. The number of hydrogen-bond acceptors (Lipinski definition) is 5. The third kappa shape index (κ3) is 3.42. The van der Waals surface area contributed by atoms with Gasteiger partial charge in [0.25, 0.3) is 0 Å². The van der Waals surface area contributed by atoms with Crippen LogP contribution in [-0.2, 0) is 6.54 Å². The molecule has 0 aliphatic heterocycles. The van der Waals surface area contributed by atoms with Gasteiger partial charge >= 0.3 is 0 Å². The van der Waals surface area contributed by atoms with Crippen molar-refractivity contribution in [2.24, 2.45) is 0 Å². The van der Waals surface area contributed by atoms with Crippen molar-refractivity contribution in [1.29, 1.82) is 0 Å². The summed E-state index contributed by atoms with van der Waals surface area (Å²) in [6.07, 6.45) is 3.91. The summed E-state index contributed by atoms with van der Waals surface area (Å²) < 4.78 is 0. The van der Waals surface area contributed by atoms with Gasteiger partial charge in [-0.1, -0.05) is 0 Å². The predicted octanol–water partition coefficient (Wildman–Crippen LogP) is 3.26. The van der Waals surface area contributed by atoms with E-state index >= 15 is 0 Å². The van der Waals surface area contributed by atoms with Gasteiger partial charge in [-0.2, -0.15) is 11.3 Å². The second kappa shape index (κ2) is 6.13. The highest BCUT2D eigenvalue weighted by atomic mass is 32.1. The smallest absolute Gasteiger partial charge is 0.124 e. The Bertz CT molecular complexity index is 501. The minimum Gasteiger partial charge on any atom is -0.393 e. The molecule has 0 atom stereocenters. The van der Waals surface area contributed by atoms with Gasteiger partial charge in [-0.15, -0.1) is 11.3 Å². The van der Waals surface area contributed by atoms with E-state index in [4.69, 9.17) is 0 Å². The molecule has 2 N–H and O–H groups in total. The zero-order valence-electron chi connectivity index (χ0n) is 10.7. The Hall–Kier alpha value is -0.750. The number of rotatable bonds is 4. The Morgan fingerprint density at radius 2 is 2.11 bits per heavy atom. The van der Waals surface area contributed by atoms with Gasteiger partial charge in [-0.3, -0.25) is 0 Å². The topological polar surface area (TPSA) is 45.1 Å². The maximum Gasteiger partial charge on any atom is 0.124 e. The van der Waals surface area contributed by atoms with E-state index < -0.39 is 0 Å². The maximum atomic E-state index is 9.48. The van der Waals surface area contributed by atoms with E-state index in [1.165, 1.54) is 5.56 Å². The van der Waals surface area contributed by atoms with Gasteiger partial charge in [0, 0.05) is 28.9 Å². The van der Waals surface area contributed by atoms with Crippen LogP contribution in [0.1, 0.15) is 31.4 Å². The number of thiazole rings is 1. The van der Waals surface area contributed by atoms with Gasteiger partial charge in [0.15, 0.2) is 0 Å². The standard InChI is InChI=1S/C14H18N2OS2/c17-13-3-1-11(2-4-13)15-7-12-9-19-14(16-12)10-5-6-18-8-10/h5-6,8-9,11,13,15,17H,1-4,7H2. The summed E-state index contributed by atoms with van der Waals surface area (Å²) in [6, 6.07) is 2.65. The summed E-state index contributed by atoms with van der Waals surface area (Å²) in [7, 11) is 0. The molecule has 0 aromatic carbocycles. The molecule has 3 nitrogen and oxygen atoms in total. The first kappa shape index (κ1) is 13.2. The Morgan fingerprint density at radius 3 is 2.84 bits per heavy atom. The maximum absolute atomic E-state index is 9.48. The molecule has 102 valence electrons. The largest absolute Gasteiger partial charge is 0.393 e. The predicted molar refractivity (Wildman–Crippen MR) is 80.5 cm³/mol. The third-order valence-electron chi connectivity index (χ3n) is 3.59. The molecule has 5 heteroatoms. The molecular weight excluding hydrogens is 276 g/mol. The molecule has 1 aliphatic carbocycles. The first-order valence-electron chi connectivity index (χ1n) is 6.69. The number of aliphatic hydroxyl groups excluding tert-OH is 1. The number of aromatic nitrogens is 1. The molecule has 0 bridgehead atoms. The summed E-state index contributed by atoms with van der Waals surface area (Å²) >= 11 is 3.42. The summed E-state index contributed by atoms with van der Waals surface area (Å²) in [5, 5.41) is 20.5. The highest BCUT2D eigenvalue weighted by Gasteiger charge is 2.18. The number of nitrogens with one attached hydrogen (secondary N) is 1. The lowest BCUT2D eigenvalue weighted by Gasteiger charge is -2.25. The first-order valence-corrected chi connectivity index (χ1v) is 8.52. The molecular formula is C14H18N2OS2. The molecule has 19 heavy (non-hydrogen) atoms. The minimum absolute atomic E-state index is 0.0810. The van der Waals surface area contributed by atoms with E-state index in [-0.39, 0.29) is 6.10 Å². The van der Waals surface area contributed by atoms with E-state index in [0.29, 0.717) is 6.04 Å². The molecule has 0 amide bonds. The van der Waals surface area contributed by atoms with Crippen molar-refractivity contribution in [2.45, 2.75) is 44.4 Å². The minimum atomic E-state index is -0.0810. The lowest BCUT2D eigenvalue weighted by Crippen LogP contribution is -2.34. The van der Waals surface area contributed by atoms with E-state index in [1.54, 1.807) is 22.7 Å². The normalized spacial score (nSPS) is 23.6. The van der Waals surface area contributed by atoms with Crippen LogP contribution < -0.4 is 5.32 Å². The van der Waals surface area contributed by atoms with Crippen molar-refractivity contribution >= 4 is 22.7 Å². The molecule has 2 aromatic heterocycles. The third-order valence-corrected chi connectivity index (χ3v) is 5.21. The lowest BCUT2D eigenvalue weighted by atomic mass is 9.93. The molecule has 0 spiro atoms. The zero-order chi connectivity index (χ0) is 13.1. The van der Waals surface area contributed by atoms with Crippen molar-refractivity contribution in [3.05, 3.63) is 27.9 Å². The van der Waals surface area contributed by atoms with Crippen molar-refractivity contribution in [1.82, 2.24) is 10.3 Å². The van der Waals surface area contributed by atoms with Crippen LogP contribution in [0.3, 0.4) is 0 Å². The molecule has 1 fully saturated rings. The van der Waals surface area contributed by atoms with Gasteiger partial charge in [0.1, 0.15) is 5.01 Å². The summed E-state index contributed by atoms with van der Waals surface area (Å²) in [5.41, 5.74) is 2.35. The quantitative estimate of drug-likeness (QED) is 0.909. The first-order chi connectivity index (χ1) is 9.31. The second-order valence-electron chi connectivity index (χ2n) is 5.04. The molecule has 1 aliphatic rings. The number of thiophene rings is 1. The summed E-state index contributed by atoms with van der Waals surface area (Å²) in [4.78, 5) is 4.67. The molecule has 2 aromatic rings. The number of aliphatic hydroxyl groups is 1. The Morgan fingerprint density at radius 1 is 1.26 bits per heavy atom. The monoisotopic (exact) mass is 294 g/mol. The second-order valence-corrected chi connectivity index (χ2v) is 6.68. The summed E-state index contributed by atoms with van der Waals surface area (Å²) in [5.74, 6) is 0. The highest BCUT2D eigenvalue weighted by Crippen LogP contribution is 2.26. The van der Waals surface area contributed by atoms with Crippen LogP contribution in [0.2, 0.25) is 0 Å². The van der Waals surface area contributed by atoms with E-state index in [1.807, 2.05) is 0 Å². The van der Waals surface area contributed by atoms with Crippen molar-refractivity contribution in [3.63, 3.8) is 0 Å². The van der Waals surface area contributed by atoms with E-state index in [2.05, 4.69) is 32.5 Å². The SMILES string of the molecule is OC1CCC(NCc2csc(-c3ccsc3)n2)CC1. The Balaban J connectivity index is 1.53. The van der Waals surface area contributed by atoms with Gasteiger partial charge in [0.2, 0.25) is 0 Å². The molecule has 0 unspecified atom stereocenters. The van der Waals surface area contributed by atoms with Crippen LogP contribution in [0.25, 0.3) is 10.6 Å². The highest BCUT2D eigenvalue weighted by molar-refractivity contribution is 7.14. The fourth-order valence-corrected chi connectivity index (χ4v) is 3.97. The average Bonchev–Trinajstić information content (AvgIpc) is 3.09. The van der Waals surface area contributed by atoms with Gasteiger partial charge in [-0.25, -0.2) is 4.98 Å². The van der Waals surface area contributed by atoms with Gasteiger partial charge < -0.3 is 10.4 Å². The number of hydrogen-bond donors (Lipinski definition) is 2. The van der Waals surface area contributed by atoms with Crippen LogP contribution in [0.15, 0.2) is 22.2 Å². The average molecular weight is 294 g/mol. The van der Waals surface area contributed by atoms with Crippen molar-refractivity contribution in [3.8, 4) is 10.6 Å². The molecule has 3 rings (SSSR count).